The van der Waals surface area contributed by atoms with Crippen molar-refractivity contribution in [2.75, 3.05) is 11.9 Å². The lowest BCUT2D eigenvalue weighted by atomic mass is 10.1. The Bertz CT molecular complexity index is 1600. The fourth-order valence-corrected chi connectivity index (χ4v) is 3.71. The number of hydrogen-bond acceptors (Lipinski definition) is 7. The number of fused-ring (bicyclic) bond motifs is 1. The molecule has 0 saturated heterocycles. The molecule has 0 aliphatic heterocycles. The molecule has 0 fully saturated rings. The third kappa shape index (κ3) is 4.43. The molecule has 0 radical (unpaired) electrons. The zero-order chi connectivity index (χ0) is 24.5. The highest BCUT2D eigenvalue weighted by Crippen LogP contribution is 2.35. The van der Waals surface area contributed by atoms with E-state index in [2.05, 4.69) is 35.7 Å². The fourth-order valence-electron chi connectivity index (χ4n) is 3.48. The highest BCUT2D eigenvalue weighted by atomic mass is 35.5. The van der Waals surface area contributed by atoms with E-state index in [-0.39, 0.29) is 17.4 Å². The molecule has 0 unspecified atom stereocenters. The molecule has 0 atom stereocenters. The summed E-state index contributed by atoms with van der Waals surface area (Å²) in [6, 6.07) is 9.88. The second kappa shape index (κ2) is 9.14. The summed E-state index contributed by atoms with van der Waals surface area (Å²) in [5, 5.41) is 17.7. The molecule has 0 spiro atoms. The third-order valence-corrected chi connectivity index (χ3v) is 5.57. The summed E-state index contributed by atoms with van der Waals surface area (Å²) < 4.78 is 34.3. The molecular formula is C22H17ClF2N8O2. The van der Waals surface area contributed by atoms with Crippen LogP contribution in [0.4, 0.5) is 14.6 Å². The highest BCUT2D eigenvalue weighted by molar-refractivity contribution is 6.33. The second-order valence-corrected chi connectivity index (χ2v) is 7.90. The van der Waals surface area contributed by atoms with Gasteiger partial charge < -0.3 is 10.1 Å². The Hall–Kier alpha value is -4.32. The average molecular weight is 499 g/mol. The van der Waals surface area contributed by atoms with Crippen LogP contribution >= 0.6 is 11.6 Å². The summed E-state index contributed by atoms with van der Waals surface area (Å²) in [6.45, 7) is 0.335. The summed E-state index contributed by atoms with van der Waals surface area (Å²) in [6.07, 6.45) is 0.392. The zero-order valence-electron chi connectivity index (χ0n) is 18.1. The van der Waals surface area contributed by atoms with Crippen molar-refractivity contribution in [1.29, 1.82) is 0 Å². The molecule has 2 aromatic carbocycles. The van der Waals surface area contributed by atoms with Crippen LogP contribution in [0.3, 0.4) is 0 Å². The number of halogens is 3. The van der Waals surface area contributed by atoms with Gasteiger partial charge in [-0.25, -0.2) is 18.7 Å². The predicted molar refractivity (Wildman–Crippen MR) is 125 cm³/mol. The highest BCUT2D eigenvalue weighted by Gasteiger charge is 2.20. The first-order chi connectivity index (χ1) is 16.9. The van der Waals surface area contributed by atoms with Crippen molar-refractivity contribution < 1.29 is 13.5 Å². The van der Waals surface area contributed by atoms with Gasteiger partial charge in [0.15, 0.2) is 17.2 Å². The van der Waals surface area contributed by atoms with Crippen molar-refractivity contribution >= 4 is 28.5 Å². The van der Waals surface area contributed by atoms with E-state index in [0.29, 0.717) is 58.0 Å². The van der Waals surface area contributed by atoms with E-state index in [1.54, 1.807) is 25.2 Å². The first-order valence-electron chi connectivity index (χ1n) is 10.4. The van der Waals surface area contributed by atoms with Crippen LogP contribution in [0.1, 0.15) is 5.82 Å². The van der Waals surface area contributed by atoms with Gasteiger partial charge in [0.05, 0.1) is 10.4 Å². The van der Waals surface area contributed by atoms with Crippen LogP contribution in [0.5, 0.6) is 11.8 Å². The molecule has 0 bridgehead atoms. The number of aromatic nitrogens is 7. The van der Waals surface area contributed by atoms with Crippen LogP contribution in [0.15, 0.2) is 47.3 Å². The summed E-state index contributed by atoms with van der Waals surface area (Å²) in [5.41, 5.74) is 1.14. The van der Waals surface area contributed by atoms with E-state index in [4.69, 9.17) is 16.3 Å². The summed E-state index contributed by atoms with van der Waals surface area (Å²) in [7, 11) is 1.61. The molecule has 178 valence electrons. The fraction of sp³-hybridized carbons (Fsp3) is 0.136. The van der Waals surface area contributed by atoms with Crippen LogP contribution in [0, 0.1) is 11.6 Å². The lowest BCUT2D eigenvalue weighted by molar-refractivity contribution is 0.410. The lowest BCUT2D eigenvalue weighted by Crippen LogP contribution is -2.16. The van der Waals surface area contributed by atoms with Gasteiger partial charge in [-0.15, -0.1) is 0 Å². The van der Waals surface area contributed by atoms with Gasteiger partial charge in [-0.3, -0.25) is 9.67 Å². The molecule has 3 aromatic heterocycles. The van der Waals surface area contributed by atoms with Crippen molar-refractivity contribution in [3.8, 4) is 23.0 Å². The average Bonchev–Trinajstić information content (AvgIpc) is 3.40. The molecule has 0 aliphatic carbocycles. The third-order valence-electron chi connectivity index (χ3n) is 5.24. The molecule has 3 heterocycles. The molecule has 10 nitrogen and oxygen atoms in total. The Morgan fingerprint density at radius 3 is 2.69 bits per heavy atom. The van der Waals surface area contributed by atoms with E-state index in [0.717, 1.165) is 12.1 Å². The number of nitrogens with one attached hydrogen (secondary N) is 3. The molecule has 0 saturated carbocycles. The molecule has 5 aromatic rings. The Morgan fingerprint density at radius 2 is 1.94 bits per heavy atom. The SMILES string of the molecule is Cn1c(CCNc2nc(Oc3ccc(F)cc3F)nc3[nH]nc(-c4ccccc4Cl)c23)n[nH]c1=O. The van der Waals surface area contributed by atoms with E-state index < -0.39 is 11.6 Å². The molecule has 13 heteroatoms. The monoisotopic (exact) mass is 498 g/mol. The van der Waals surface area contributed by atoms with E-state index in [1.807, 2.05) is 6.07 Å². The predicted octanol–water partition coefficient (Wildman–Crippen LogP) is 3.82. The summed E-state index contributed by atoms with van der Waals surface area (Å²) in [4.78, 5) is 20.3. The van der Waals surface area contributed by atoms with Gasteiger partial charge in [0, 0.05) is 31.6 Å². The van der Waals surface area contributed by atoms with Crippen LogP contribution in [-0.2, 0) is 13.5 Å². The molecule has 35 heavy (non-hydrogen) atoms. The van der Waals surface area contributed by atoms with Crippen molar-refractivity contribution in [3.05, 3.63) is 75.4 Å². The molecule has 3 N–H and O–H groups in total. The standard InChI is InChI=1S/C22H17ClF2N8O2/c1-33-16(29-32-22(33)34)8-9-26-19-17-18(12-4-2-3-5-13(12)23)30-31-20(17)28-21(27-19)35-15-7-6-11(24)10-14(15)25/h2-7,10H,8-9H2,1H3,(H,32,34)(H2,26,27,28,30,31). The Labute approximate surface area is 201 Å². The Morgan fingerprint density at radius 1 is 1.11 bits per heavy atom. The maximum Gasteiger partial charge on any atom is 0.343 e. The van der Waals surface area contributed by atoms with Crippen molar-refractivity contribution in [3.63, 3.8) is 0 Å². The number of rotatable bonds is 7. The molecule has 0 aliphatic rings. The summed E-state index contributed by atoms with van der Waals surface area (Å²) in [5.74, 6) is -1.01. The van der Waals surface area contributed by atoms with Crippen molar-refractivity contribution in [2.24, 2.45) is 7.05 Å². The second-order valence-electron chi connectivity index (χ2n) is 7.49. The normalized spacial score (nSPS) is 11.2. The largest absolute Gasteiger partial charge is 0.421 e. The first-order valence-corrected chi connectivity index (χ1v) is 10.8. The number of ether oxygens (including phenoxy) is 1. The Kier molecular flexibility index (Phi) is 5.87. The molecular weight excluding hydrogens is 482 g/mol. The number of anilines is 1. The number of nitrogens with zero attached hydrogens (tertiary/aromatic N) is 5. The molecule has 5 rings (SSSR count). The minimum Gasteiger partial charge on any atom is -0.421 e. The van der Waals surface area contributed by atoms with Gasteiger partial charge in [-0.2, -0.15) is 20.2 Å². The first kappa shape index (κ1) is 22.5. The van der Waals surface area contributed by atoms with Gasteiger partial charge >= 0.3 is 11.7 Å². The molecule has 0 amide bonds. The van der Waals surface area contributed by atoms with E-state index >= 15 is 0 Å². The van der Waals surface area contributed by atoms with Gasteiger partial charge in [-0.05, 0) is 18.2 Å². The van der Waals surface area contributed by atoms with Gasteiger partial charge in [0.1, 0.15) is 23.2 Å². The van der Waals surface area contributed by atoms with Crippen LogP contribution in [-0.4, -0.2) is 41.5 Å². The zero-order valence-corrected chi connectivity index (χ0v) is 18.9. The van der Waals surface area contributed by atoms with Crippen LogP contribution in [0.25, 0.3) is 22.3 Å². The smallest absolute Gasteiger partial charge is 0.343 e. The lowest BCUT2D eigenvalue weighted by Gasteiger charge is -2.11. The minimum atomic E-state index is -0.899. The van der Waals surface area contributed by atoms with Crippen molar-refractivity contribution in [1.82, 2.24) is 34.9 Å². The Balaban J connectivity index is 1.54. The minimum absolute atomic E-state index is 0.188. The number of hydrogen-bond donors (Lipinski definition) is 3. The number of H-pyrrole nitrogens is 2. The quantitative estimate of drug-likeness (QED) is 0.311. The van der Waals surface area contributed by atoms with Gasteiger partial charge in [-0.1, -0.05) is 29.8 Å². The van der Waals surface area contributed by atoms with Crippen LogP contribution in [0.2, 0.25) is 5.02 Å². The topological polar surface area (TPSA) is 126 Å². The van der Waals surface area contributed by atoms with E-state index in [9.17, 15) is 13.6 Å². The number of aromatic amines is 2. The van der Waals surface area contributed by atoms with Gasteiger partial charge in [0.2, 0.25) is 0 Å². The summed E-state index contributed by atoms with van der Waals surface area (Å²) >= 11 is 6.39. The van der Waals surface area contributed by atoms with Crippen molar-refractivity contribution in [2.45, 2.75) is 6.42 Å². The van der Waals surface area contributed by atoms with E-state index in [1.165, 1.54) is 4.57 Å². The van der Waals surface area contributed by atoms with Gasteiger partial charge in [0.25, 0.3) is 0 Å². The number of benzene rings is 2. The maximum atomic E-state index is 14.1. The maximum absolute atomic E-state index is 14.1. The van der Waals surface area contributed by atoms with Crippen LogP contribution < -0.4 is 15.7 Å².